The number of aliphatic hydroxyl groups is 1. The van der Waals surface area contributed by atoms with E-state index < -0.39 is 6.10 Å². The minimum absolute atomic E-state index is 0.167. The lowest BCUT2D eigenvalue weighted by molar-refractivity contribution is 0.0747. The fourth-order valence-corrected chi connectivity index (χ4v) is 3.60. The number of likely N-dealkylation sites (N-methyl/N-ethyl adjacent to an activating group) is 1. The Morgan fingerprint density at radius 2 is 1.66 bits per heavy atom. The van der Waals surface area contributed by atoms with Gasteiger partial charge in [-0.05, 0) is 40.8 Å². The molecule has 166 valence electrons. The number of aliphatic hydroxyl groups excluding tert-OH is 1. The third-order valence-electron chi connectivity index (χ3n) is 5.53. The number of rotatable bonds is 8. The van der Waals surface area contributed by atoms with Crippen LogP contribution in [0.5, 0.6) is 0 Å². The first-order valence-electron chi connectivity index (χ1n) is 11.1. The van der Waals surface area contributed by atoms with E-state index in [-0.39, 0.29) is 11.2 Å². The summed E-state index contributed by atoms with van der Waals surface area (Å²) in [6.45, 7) is 8.35. The van der Waals surface area contributed by atoms with Crippen LogP contribution >= 0.6 is 0 Å². The van der Waals surface area contributed by atoms with Crippen molar-refractivity contribution in [3.8, 4) is 0 Å². The number of carbonyl (C=O) groups is 1. The van der Waals surface area contributed by atoms with Gasteiger partial charge in [-0.3, -0.25) is 9.69 Å². The third-order valence-corrected chi connectivity index (χ3v) is 5.53. The molecule has 0 amide bonds. The van der Waals surface area contributed by atoms with Gasteiger partial charge in [-0.1, -0.05) is 106 Å². The van der Waals surface area contributed by atoms with Gasteiger partial charge in [0.15, 0.2) is 5.78 Å². The fourth-order valence-electron chi connectivity index (χ4n) is 3.60. The molecule has 0 fully saturated rings. The van der Waals surface area contributed by atoms with Crippen molar-refractivity contribution in [2.75, 3.05) is 13.6 Å². The molecule has 3 heteroatoms. The van der Waals surface area contributed by atoms with Gasteiger partial charge in [-0.25, -0.2) is 0 Å². The van der Waals surface area contributed by atoms with Crippen molar-refractivity contribution in [3.05, 3.63) is 113 Å². The fraction of sp³-hybridized carbons (Fsp3) is 0.276. The van der Waals surface area contributed by atoms with Crippen LogP contribution < -0.4 is 0 Å². The zero-order chi connectivity index (χ0) is 23.1. The van der Waals surface area contributed by atoms with Crippen LogP contribution in [0.2, 0.25) is 0 Å². The number of ketones is 1. The summed E-state index contributed by atoms with van der Waals surface area (Å²) in [6.07, 6.45) is 2.97. The molecular formula is C29H33NO2. The van der Waals surface area contributed by atoms with Crippen molar-refractivity contribution < 1.29 is 9.90 Å². The minimum atomic E-state index is -1.15. The van der Waals surface area contributed by atoms with Gasteiger partial charge in [0, 0.05) is 18.7 Å². The molecule has 0 bridgehead atoms. The molecule has 3 nitrogen and oxygen atoms in total. The highest BCUT2D eigenvalue weighted by Crippen LogP contribution is 2.22. The van der Waals surface area contributed by atoms with E-state index in [4.69, 9.17) is 0 Å². The van der Waals surface area contributed by atoms with E-state index in [0.29, 0.717) is 11.1 Å². The molecule has 0 aliphatic heterocycles. The van der Waals surface area contributed by atoms with E-state index >= 15 is 0 Å². The summed E-state index contributed by atoms with van der Waals surface area (Å²) in [7, 11) is 2.10. The summed E-state index contributed by atoms with van der Waals surface area (Å²) < 4.78 is 0. The highest BCUT2D eigenvalue weighted by Gasteiger charge is 2.19. The van der Waals surface area contributed by atoms with Crippen molar-refractivity contribution in [1.82, 2.24) is 4.90 Å². The normalized spacial score (nSPS) is 12.9. The Labute approximate surface area is 192 Å². The molecule has 1 atom stereocenters. The minimum Gasteiger partial charge on any atom is -0.380 e. The molecule has 0 aliphatic rings. The maximum atomic E-state index is 12.7. The second kappa shape index (κ2) is 10.5. The van der Waals surface area contributed by atoms with Gasteiger partial charge in [0.05, 0.1) is 0 Å². The van der Waals surface area contributed by atoms with E-state index in [9.17, 15) is 9.90 Å². The SMILES string of the molecule is CN(CC=Cc1cccc(C(=O)C(O)c2ccccc2)c1)Cc1ccc(C(C)(C)C)cc1. The quantitative estimate of drug-likeness (QED) is 0.445. The Hall–Kier alpha value is -3.01. The molecule has 1 N–H and O–H groups in total. The van der Waals surface area contributed by atoms with Crippen LogP contribution in [0, 0.1) is 0 Å². The van der Waals surface area contributed by atoms with Gasteiger partial charge >= 0.3 is 0 Å². The number of carbonyl (C=O) groups excluding carboxylic acids is 1. The highest BCUT2D eigenvalue weighted by atomic mass is 16.3. The van der Waals surface area contributed by atoms with Gasteiger partial charge in [-0.2, -0.15) is 0 Å². The Morgan fingerprint density at radius 3 is 2.31 bits per heavy atom. The van der Waals surface area contributed by atoms with Crippen LogP contribution in [0.1, 0.15) is 59.5 Å². The Morgan fingerprint density at radius 1 is 0.969 bits per heavy atom. The Balaban J connectivity index is 1.58. The van der Waals surface area contributed by atoms with Gasteiger partial charge in [0.2, 0.25) is 0 Å². The monoisotopic (exact) mass is 427 g/mol. The molecule has 0 aliphatic carbocycles. The van der Waals surface area contributed by atoms with Crippen LogP contribution in [-0.4, -0.2) is 29.4 Å². The Bertz CT molecular complexity index is 1050. The average molecular weight is 428 g/mol. The first-order valence-corrected chi connectivity index (χ1v) is 11.1. The number of hydrogen-bond acceptors (Lipinski definition) is 3. The number of benzene rings is 3. The van der Waals surface area contributed by atoms with E-state index in [1.54, 1.807) is 18.2 Å². The predicted octanol–water partition coefficient (Wildman–Crippen LogP) is 6.05. The van der Waals surface area contributed by atoms with Gasteiger partial charge in [0.25, 0.3) is 0 Å². The van der Waals surface area contributed by atoms with E-state index in [1.165, 1.54) is 11.1 Å². The van der Waals surface area contributed by atoms with Crippen molar-refractivity contribution in [2.45, 2.75) is 38.8 Å². The van der Waals surface area contributed by atoms with Crippen molar-refractivity contribution in [3.63, 3.8) is 0 Å². The van der Waals surface area contributed by atoms with E-state index in [0.717, 1.165) is 18.7 Å². The van der Waals surface area contributed by atoms with Crippen LogP contribution in [0.15, 0.2) is 84.9 Å². The standard InChI is InChI=1S/C29H33NO2/c1-29(2,3)26-17-15-23(16-18-26)21-30(4)19-9-11-22-10-8-14-25(20-22)28(32)27(31)24-12-6-5-7-13-24/h5-18,20,27,31H,19,21H2,1-4H3. The molecule has 0 radical (unpaired) electrons. The summed E-state index contributed by atoms with van der Waals surface area (Å²) in [4.78, 5) is 14.9. The highest BCUT2D eigenvalue weighted by molar-refractivity contribution is 6.00. The van der Waals surface area contributed by atoms with E-state index in [1.807, 2.05) is 42.5 Å². The first-order chi connectivity index (χ1) is 15.2. The zero-order valence-electron chi connectivity index (χ0n) is 19.5. The van der Waals surface area contributed by atoms with Gasteiger partial charge in [0.1, 0.15) is 6.10 Å². The zero-order valence-corrected chi connectivity index (χ0v) is 19.5. The largest absolute Gasteiger partial charge is 0.380 e. The Kier molecular flexibility index (Phi) is 7.79. The lowest BCUT2D eigenvalue weighted by atomic mass is 9.87. The summed E-state index contributed by atoms with van der Waals surface area (Å²) >= 11 is 0. The van der Waals surface area contributed by atoms with Crippen molar-refractivity contribution in [1.29, 1.82) is 0 Å². The van der Waals surface area contributed by atoms with E-state index in [2.05, 4.69) is 63.1 Å². The molecule has 1 unspecified atom stereocenters. The average Bonchev–Trinajstić information content (AvgIpc) is 2.78. The van der Waals surface area contributed by atoms with Crippen LogP contribution in [0.4, 0.5) is 0 Å². The summed E-state index contributed by atoms with van der Waals surface area (Å²) in [5.74, 6) is -0.290. The topological polar surface area (TPSA) is 40.5 Å². The molecule has 3 aromatic carbocycles. The molecule has 0 heterocycles. The number of nitrogens with zero attached hydrogens (tertiary/aromatic N) is 1. The number of Topliss-reactive ketones (excluding diaryl/α,β-unsaturated/α-hetero) is 1. The van der Waals surface area contributed by atoms with Crippen LogP contribution in [0.25, 0.3) is 6.08 Å². The third kappa shape index (κ3) is 6.49. The molecular weight excluding hydrogens is 394 g/mol. The molecule has 32 heavy (non-hydrogen) atoms. The second-order valence-electron chi connectivity index (χ2n) is 9.35. The van der Waals surface area contributed by atoms with Crippen molar-refractivity contribution >= 4 is 11.9 Å². The summed E-state index contributed by atoms with van der Waals surface area (Å²) in [6, 6.07) is 25.3. The lowest BCUT2D eigenvalue weighted by Crippen LogP contribution is -2.18. The molecule has 0 aromatic heterocycles. The van der Waals surface area contributed by atoms with Gasteiger partial charge < -0.3 is 5.11 Å². The smallest absolute Gasteiger partial charge is 0.195 e. The molecule has 0 spiro atoms. The molecule has 0 saturated carbocycles. The maximum absolute atomic E-state index is 12.7. The maximum Gasteiger partial charge on any atom is 0.195 e. The molecule has 0 saturated heterocycles. The van der Waals surface area contributed by atoms with Gasteiger partial charge in [-0.15, -0.1) is 0 Å². The second-order valence-corrected chi connectivity index (χ2v) is 9.35. The summed E-state index contributed by atoms with van der Waals surface area (Å²) in [5, 5.41) is 10.4. The molecule has 3 aromatic rings. The lowest BCUT2D eigenvalue weighted by Gasteiger charge is -2.20. The summed E-state index contributed by atoms with van der Waals surface area (Å²) in [5.41, 5.74) is 4.86. The predicted molar refractivity (Wildman–Crippen MR) is 133 cm³/mol. The first kappa shape index (κ1) is 23.6. The molecule has 3 rings (SSSR count). The number of hydrogen-bond donors (Lipinski definition) is 1. The van der Waals surface area contributed by atoms with Crippen molar-refractivity contribution in [2.24, 2.45) is 0 Å². The van der Waals surface area contributed by atoms with Crippen LogP contribution in [-0.2, 0) is 12.0 Å². The van der Waals surface area contributed by atoms with Crippen LogP contribution in [0.3, 0.4) is 0 Å².